The zero-order chi connectivity index (χ0) is 12.8. The molecule has 1 aliphatic rings. The molecular formula is C14H29ClN2O. The SMILES string of the molecule is CC(CC(=O)N(C)C(C)CN)C1CCCCC1.Cl. The van der Waals surface area contributed by atoms with Gasteiger partial charge in [-0.25, -0.2) is 0 Å². The van der Waals surface area contributed by atoms with Crippen molar-refractivity contribution in [3.05, 3.63) is 0 Å². The van der Waals surface area contributed by atoms with Gasteiger partial charge in [0, 0.05) is 26.1 Å². The molecule has 0 spiro atoms. The van der Waals surface area contributed by atoms with Gasteiger partial charge in [-0.3, -0.25) is 4.79 Å². The lowest BCUT2D eigenvalue weighted by Crippen LogP contribution is -2.40. The lowest BCUT2D eigenvalue weighted by Gasteiger charge is -2.30. The van der Waals surface area contributed by atoms with Crippen LogP contribution in [0.4, 0.5) is 0 Å². The molecule has 0 radical (unpaired) electrons. The van der Waals surface area contributed by atoms with E-state index in [0.29, 0.717) is 18.9 Å². The molecule has 0 aromatic carbocycles. The highest BCUT2D eigenvalue weighted by Crippen LogP contribution is 2.31. The Bertz CT molecular complexity index is 242. The van der Waals surface area contributed by atoms with Crippen LogP contribution in [-0.4, -0.2) is 30.4 Å². The minimum Gasteiger partial charge on any atom is -0.342 e. The van der Waals surface area contributed by atoms with E-state index in [0.717, 1.165) is 5.92 Å². The molecule has 2 unspecified atom stereocenters. The Hall–Kier alpha value is -0.280. The predicted molar refractivity (Wildman–Crippen MR) is 78.9 cm³/mol. The van der Waals surface area contributed by atoms with Crippen molar-refractivity contribution < 1.29 is 4.79 Å². The smallest absolute Gasteiger partial charge is 0.222 e. The fourth-order valence-corrected chi connectivity index (χ4v) is 2.69. The number of rotatable bonds is 5. The van der Waals surface area contributed by atoms with Crippen molar-refractivity contribution >= 4 is 18.3 Å². The molecule has 2 N–H and O–H groups in total. The average Bonchev–Trinajstić information content (AvgIpc) is 2.37. The lowest BCUT2D eigenvalue weighted by atomic mass is 9.79. The van der Waals surface area contributed by atoms with Crippen molar-refractivity contribution in [2.75, 3.05) is 13.6 Å². The van der Waals surface area contributed by atoms with Crippen LogP contribution in [0.5, 0.6) is 0 Å². The molecule has 0 saturated heterocycles. The fraction of sp³-hybridized carbons (Fsp3) is 0.929. The number of nitrogens with zero attached hydrogens (tertiary/aromatic N) is 1. The molecule has 1 rings (SSSR count). The van der Waals surface area contributed by atoms with Crippen LogP contribution in [0.1, 0.15) is 52.4 Å². The lowest BCUT2D eigenvalue weighted by molar-refractivity contribution is -0.132. The highest BCUT2D eigenvalue weighted by Gasteiger charge is 2.24. The van der Waals surface area contributed by atoms with Crippen molar-refractivity contribution in [1.82, 2.24) is 4.90 Å². The maximum Gasteiger partial charge on any atom is 0.222 e. The first-order valence-electron chi connectivity index (χ1n) is 7.02. The number of hydrogen-bond acceptors (Lipinski definition) is 2. The van der Waals surface area contributed by atoms with E-state index < -0.39 is 0 Å². The second-order valence-corrected chi connectivity index (χ2v) is 5.67. The molecule has 108 valence electrons. The Morgan fingerprint density at radius 2 is 1.83 bits per heavy atom. The summed E-state index contributed by atoms with van der Waals surface area (Å²) in [6, 6.07) is 0.154. The molecule has 4 heteroatoms. The minimum atomic E-state index is 0. The number of carbonyl (C=O) groups excluding carboxylic acids is 1. The molecule has 0 aromatic heterocycles. The van der Waals surface area contributed by atoms with Crippen LogP contribution in [0.3, 0.4) is 0 Å². The monoisotopic (exact) mass is 276 g/mol. The van der Waals surface area contributed by atoms with E-state index in [2.05, 4.69) is 6.92 Å². The minimum absolute atomic E-state index is 0. The van der Waals surface area contributed by atoms with Gasteiger partial charge in [-0.05, 0) is 18.8 Å². The van der Waals surface area contributed by atoms with Gasteiger partial charge in [-0.15, -0.1) is 12.4 Å². The van der Waals surface area contributed by atoms with Crippen LogP contribution >= 0.6 is 12.4 Å². The van der Waals surface area contributed by atoms with Gasteiger partial charge in [-0.2, -0.15) is 0 Å². The van der Waals surface area contributed by atoms with E-state index in [-0.39, 0.29) is 24.4 Å². The van der Waals surface area contributed by atoms with Gasteiger partial charge < -0.3 is 10.6 Å². The van der Waals surface area contributed by atoms with Crippen LogP contribution in [0, 0.1) is 11.8 Å². The van der Waals surface area contributed by atoms with E-state index in [9.17, 15) is 4.79 Å². The number of amides is 1. The van der Waals surface area contributed by atoms with Gasteiger partial charge in [0.2, 0.25) is 5.91 Å². The first kappa shape index (κ1) is 17.7. The first-order chi connectivity index (χ1) is 8.06. The molecule has 3 nitrogen and oxygen atoms in total. The zero-order valence-corrected chi connectivity index (χ0v) is 12.8. The van der Waals surface area contributed by atoms with E-state index in [1.165, 1.54) is 32.1 Å². The summed E-state index contributed by atoms with van der Waals surface area (Å²) in [6.07, 6.45) is 7.37. The van der Waals surface area contributed by atoms with Crippen molar-refractivity contribution in [2.45, 2.75) is 58.4 Å². The topological polar surface area (TPSA) is 46.3 Å². The Kier molecular flexibility index (Phi) is 8.62. The normalized spacial score (nSPS) is 19.8. The van der Waals surface area contributed by atoms with Gasteiger partial charge >= 0.3 is 0 Å². The van der Waals surface area contributed by atoms with Gasteiger partial charge in [0.1, 0.15) is 0 Å². The molecule has 1 amide bonds. The fourth-order valence-electron chi connectivity index (χ4n) is 2.69. The summed E-state index contributed by atoms with van der Waals surface area (Å²) >= 11 is 0. The molecule has 2 atom stereocenters. The molecular weight excluding hydrogens is 248 g/mol. The summed E-state index contributed by atoms with van der Waals surface area (Å²) < 4.78 is 0. The second-order valence-electron chi connectivity index (χ2n) is 5.67. The van der Waals surface area contributed by atoms with Gasteiger partial charge in [0.15, 0.2) is 0 Å². The highest BCUT2D eigenvalue weighted by atomic mass is 35.5. The summed E-state index contributed by atoms with van der Waals surface area (Å²) in [5.74, 6) is 1.53. The molecule has 18 heavy (non-hydrogen) atoms. The van der Waals surface area contributed by atoms with Gasteiger partial charge in [-0.1, -0.05) is 39.0 Å². The largest absolute Gasteiger partial charge is 0.342 e. The molecule has 1 saturated carbocycles. The number of halogens is 1. The summed E-state index contributed by atoms with van der Waals surface area (Å²) in [5, 5.41) is 0. The Morgan fingerprint density at radius 3 is 2.33 bits per heavy atom. The van der Waals surface area contributed by atoms with Gasteiger partial charge in [0.25, 0.3) is 0 Å². The van der Waals surface area contributed by atoms with Crippen LogP contribution in [0.15, 0.2) is 0 Å². The standard InChI is InChI=1S/C14H28N2O.ClH/c1-11(13-7-5-4-6-8-13)9-14(17)16(3)12(2)10-15;/h11-13H,4-10,15H2,1-3H3;1H. The zero-order valence-electron chi connectivity index (χ0n) is 12.0. The number of hydrogen-bond donors (Lipinski definition) is 1. The summed E-state index contributed by atoms with van der Waals surface area (Å²) in [5.41, 5.74) is 5.59. The van der Waals surface area contributed by atoms with Crippen LogP contribution in [-0.2, 0) is 4.79 Å². The van der Waals surface area contributed by atoms with Crippen molar-refractivity contribution in [3.8, 4) is 0 Å². The predicted octanol–water partition coefficient (Wildman–Crippen LogP) is 2.82. The maximum absolute atomic E-state index is 12.1. The summed E-state index contributed by atoms with van der Waals surface area (Å²) in [4.78, 5) is 13.9. The number of likely N-dealkylation sites (N-methyl/N-ethyl adjacent to an activating group) is 1. The third-order valence-electron chi connectivity index (χ3n) is 4.35. The third kappa shape index (κ3) is 5.15. The van der Waals surface area contributed by atoms with Crippen LogP contribution < -0.4 is 5.73 Å². The van der Waals surface area contributed by atoms with E-state index in [1.54, 1.807) is 4.90 Å². The van der Waals surface area contributed by atoms with E-state index in [4.69, 9.17) is 5.73 Å². The van der Waals surface area contributed by atoms with E-state index >= 15 is 0 Å². The molecule has 0 bridgehead atoms. The van der Waals surface area contributed by atoms with Crippen molar-refractivity contribution in [2.24, 2.45) is 17.6 Å². The quantitative estimate of drug-likeness (QED) is 0.839. The average molecular weight is 277 g/mol. The third-order valence-corrected chi connectivity index (χ3v) is 4.35. The van der Waals surface area contributed by atoms with Crippen LogP contribution in [0.2, 0.25) is 0 Å². The second kappa shape index (κ2) is 8.76. The highest BCUT2D eigenvalue weighted by molar-refractivity contribution is 5.85. The molecule has 0 aromatic rings. The van der Waals surface area contributed by atoms with Gasteiger partial charge in [0.05, 0.1) is 0 Å². The van der Waals surface area contributed by atoms with Crippen molar-refractivity contribution in [3.63, 3.8) is 0 Å². The van der Waals surface area contributed by atoms with Crippen molar-refractivity contribution in [1.29, 1.82) is 0 Å². The van der Waals surface area contributed by atoms with Crippen LogP contribution in [0.25, 0.3) is 0 Å². The first-order valence-corrected chi connectivity index (χ1v) is 7.02. The Labute approximate surface area is 118 Å². The number of carbonyl (C=O) groups is 1. The Balaban J connectivity index is 0.00000289. The summed E-state index contributed by atoms with van der Waals surface area (Å²) in [6.45, 7) is 4.78. The molecule has 1 fully saturated rings. The molecule has 0 heterocycles. The number of nitrogens with two attached hydrogens (primary N) is 1. The molecule has 1 aliphatic carbocycles. The van der Waals surface area contributed by atoms with E-state index in [1.807, 2.05) is 14.0 Å². The Morgan fingerprint density at radius 1 is 1.28 bits per heavy atom. The maximum atomic E-state index is 12.1. The summed E-state index contributed by atoms with van der Waals surface area (Å²) in [7, 11) is 1.87. The molecule has 0 aliphatic heterocycles.